The molecule has 36 heavy (non-hydrogen) atoms. The van der Waals surface area contributed by atoms with Crippen LogP contribution in [0.3, 0.4) is 0 Å². The van der Waals surface area contributed by atoms with E-state index >= 15 is 0 Å². The van der Waals surface area contributed by atoms with Crippen molar-refractivity contribution in [2.75, 3.05) is 6.61 Å². The van der Waals surface area contributed by atoms with Crippen LogP contribution in [0.2, 0.25) is 20.1 Å². The van der Waals surface area contributed by atoms with Crippen LogP contribution < -0.4 is 19.6 Å². The lowest BCUT2D eigenvalue weighted by Crippen LogP contribution is -2.33. The van der Waals surface area contributed by atoms with Crippen LogP contribution in [0.4, 0.5) is 0 Å². The smallest absolute Gasteiger partial charge is 0.345 e. The van der Waals surface area contributed by atoms with Crippen LogP contribution in [0.25, 0.3) is 0 Å². The molecule has 1 N–H and O–H groups in total. The summed E-state index contributed by atoms with van der Waals surface area (Å²) >= 11 is 23.9. The molecule has 0 heterocycles. The summed E-state index contributed by atoms with van der Waals surface area (Å²) in [6, 6.07) is 13.9. The quantitative estimate of drug-likeness (QED) is 0.132. The largest absolute Gasteiger partial charge is 0.490 e. The van der Waals surface area contributed by atoms with Gasteiger partial charge in [-0.1, -0.05) is 46.4 Å². The third-order valence-corrected chi connectivity index (χ3v) is 5.65. The molecule has 0 saturated carbocycles. The van der Waals surface area contributed by atoms with E-state index in [0.29, 0.717) is 33.7 Å². The van der Waals surface area contributed by atoms with E-state index in [9.17, 15) is 9.59 Å². The number of ether oxygens (including phenoxy) is 3. The summed E-state index contributed by atoms with van der Waals surface area (Å²) < 4.78 is 16.6. The van der Waals surface area contributed by atoms with Crippen LogP contribution in [0.1, 0.15) is 29.8 Å². The highest BCUT2D eigenvalue weighted by Crippen LogP contribution is 2.31. The number of rotatable bonds is 9. The fraction of sp³-hybridized carbons (Fsp3) is 0.160. The van der Waals surface area contributed by atoms with Gasteiger partial charge in [0.1, 0.15) is 5.75 Å². The van der Waals surface area contributed by atoms with Gasteiger partial charge in [-0.05, 0) is 74.0 Å². The van der Waals surface area contributed by atoms with E-state index in [1.165, 1.54) is 30.5 Å². The minimum absolute atomic E-state index is 0.160. The Kier molecular flexibility index (Phi) is 9.84. The molecule has 3 aromatic carbocycles. The highest BCUT2D eigenvalue weighted by molar-refractivity contribution is 6.36. The molecule has 188 valence electrons. The SMILES string of the molecule is CCOc1cc(/C=N/NC(=O)C(C)Oc2ccc(Cl)cc2Cl)ccc1OC(=O)c1ccc(Cl)cc1Cl. The lowest BCUT2D eigenvalue weighted by molar-refractivity contribution is -0.127. The Labute approximate surface area is 227 Å². The van der Waals surface area contributed by atoms with Gasteiger partial charge in [-0.2, -0.15) is 5.10 Å². The lowest BCUT2D eigenvalue weighted by atomic mass is 10.2. The number of esters is 1. The number of hydrogen-bond acceptors (Lipinski definition) is 6. The second-order valence-electron chi connectivity index (χ2n) is 7.22. The molecule has 0 aromatic heterocycles. The van der Waals surface area contributed by atoms with E-state index in [1.54, 1.807) is 44.2 Å². The summed E-state index contributed by atoms with van der Waals surface area (Å²) in [5, 5.41) is 5.26. The van der Waals surface area contributed by atoms with Gasteiger partial charge in [0.25, 0.3) is 5.91 Å². The molecule has 0 saturated heterocycles. The Morgan fingerprint density at radius 3 is 2.25 bits per heavy atom. The van der Waals surface area contributed by atoms with E-state index in [1.807, 2.05) is 0 Å². The zero-order chi connectivity index (χ0) is 26.2. The fourth-order valence-electron chi connectivity index (χ4n) is 2.84. The van der Waals surface area contributed by atoms with Crippen molar-refractivity contribution in [3.63, 3.8) is 0 Å². The number of carbonyl (C=O) groups excluding carboxylic acids is 2. The number of carbonyl (C=O) groups is 2. The monoisotopic (exact) mass is 568 g/mol. The first-order chi connectivity index (χ1) is 17.2. The Bertz CT molecular complexity index is 1300. The molecule has 1 atom stereocenters. The molecule has 0 bridgehead atoms. The summed E-state index contributed by atoms with van der Waals surface area (Å²) in [7, 11) is 0. The van der Waals surface area contributed by atoms with Crippen molar-refractivity contribution < 1.29 is 23.8 Å². The fourth-order valence-corrected chi connectivity index (χ4v) is 3.78. The average molecular weight is 570 g/mol. The first kappa shape index (κ1) is 27.6. The molecule has 0 spiro atoms. The zero-order valence-corrected chi connectivity index (χ0v) is 22.1. The van der Waals surface area contributed by atoms with Crippen molar-refractivity contribution in [1.29, 1.82) is 0 Å². The van der Waals surface area contributed by atoms with Gasteiger partial charge in [-0.15, -0.1) is 0 Å². The van der Waals surface area contributed by atoms with Crippen molar-refractivity contribution in [1.82, 2.24) is 5.43 Å². The van der Waals surface area contributed by atoms with Gasteiger partial charge in [0.2, 0.25) is 0 Å². The van der Waals surface area contributed by atoms with E-state index in [2.05, 4.69) is 10.5 Å². The summed E-state index contributed by atoms with van der Waals surface area (Å²) in [5.41, 5.74) is 3.14. The molecule has 0 aliphatic carbocycles. The van der Waals surface area contributed by atoms with Crippen molar-refractivity contribution in [3.8, 4) is 17.2 Å². The van der Waals surface area contributed by atoms with Crippen LogP contribution in [-0.2, 0) is 4.79 Å². The second-order valence-corrected chi connectivity index (χ2v) is 8.91. The first-order valence-electron chi connectivity index (χ1n) is 10.6. The lowest BCUT2D eigenvalue weighted by Gasteiger charge is -2.14. The van der Waals surface area contributed by atoms with Gasteiger partial charge in [0, 0.05) is 10.0 Å². The summed E-state index contributed by atoms with van der Waals surface area (Å²) in [5.74, 6) is -0.343. The van der Waals surface area contributed by atoms with E-state index in [0.717, 1.165) is 0 Å². The molecule has 0 aliphatic rings. The third kappa shape index (κ3) is 7.51. The van der Waals surface area contributed by atoms with Gasteiger partial charge in [0.05, 0.1) is 28.4 Å². The zero-order valence-electron chi connectivity index (χ0n) is 19.1. The Balaban J connectivity index is 1.65. The Morgan fingerprint density at radius 1 is 0.917 bits per heavy atom. The normalized spacial score (nSPS) is 11.7. The molecular weight excluding hydrogens is 550 g/mol. The van der Waals surface area contributed by atoms with E-state index < -0.39 is 18.0 Å². The minimum atomic E-state index is -0.874. The van der Waals surface area contributed by atoms with Crippen LogP contribution in [0.5, 0.6) is 17.2 Å². The average Bonchev–Trinajstić information content (AvgIpc) is 2.82. The molecular formula is C25H20Cl4N2O5. The molecule has 3 aromatic rings. The maximum Gasteiger partial charge on any atom is 0.345 e. The molecule has 1 unspecified atom stereocenters. The molecule has 3 rings (SSSR count). The standard InChI is InChI=1S/C25H20Cl4N2O5/c1-3-34-23-10-15(4-8-22(23)36-25(33)18-7-5-16(26)11-19(18)28)13-30-31-24(32)14(2)35-21-9-6-17(27)12-20(21)29/h4-14H,3H2,1-2H3,(H,31,32)/b30-13+. The maximum absolute atomic E-state index is 12.6. The number of hydrogen-bond donors (Lipinski definition) is 1. The number of amides is 1. The van der Waals surface area contributed by atoms with Crippen molar-refractivity contribution in [2.45, 2.75) is 20.0 Å². The minimum Gasteiger partial charge on any atom is -0.490 e. The van der Waals surface area contributed by atoms with Gasteiger partial charge in [-0.25, -0.2) is 10.2 Å². The highest BCUT2D eigenvalue weighted by atomic mass is 35.5. The highest BCUT2D eigenvalue weighted by Gasteiger charge is 2.17. The number of benzene rings is 3. The molecule has 1 amide bonds. The predicted octanol–water partition coefficient (Wildman–Crippen LogP) is 6.84. The summed E-state index contributed by atoms with van der Waals surface area (Å²) in [6.07, 6.45) is 0.533. The number of nitrogens with one attached hydrogen (secondary N) is 1. The second kappa shape index (κ2) is 12.8. The third-order valence-electron chi connectivity index (χ3n) is 4.58. The van der Waals surface area contributed by atoms with Crippen molar-refractivity contribution in [2.24, 2.45) is 5.10 Å². The van der Waals surface area contributed by atoms with Crippen molar-refractivity contribution >= 4 is 64.5 Å². The Hall–Kier alpha value is -2.97. The topological polar surface area (TPSA) is 86.2 Å². The summed E-state index contributed by atoms with van der Waals surface area (Å²) in [4.78, 5) is 24.9. The number of hydrazone groups is 1. The van der Waals surface area contributed by atoms with Crippen LogP contribution >= 0.6 is 46.4 Å². The van der Waals surface area contributed by atoms with Gasteiger partial charge < -0.3 is 14.2 Å². The van der Waals surface area contributed by atoms with Crippen LogP contribution in [-0.4, -0.2) is 30.8 Å². The van der Waals surface area contributed by atoms with E-state index in [4.69, 9.17) is 60.6 Å². The van der Waals surface area contributed by atoms with Crippen LogP contribution in [0.15, 0.2) is 59.7 Å². The molecule has 7 nitrogen and oxygen atoms in total. The maximum atomic E-state index is 12.6. The molecule has 11 heteroatoms. The molecule has 0 fully saturated rings. The van der Waals surface area contributed by atoms with Gasteiger partial charge in [0.15, 0.2) is 17.6 Å². The number of nitrogens with zero attached hydrogens (tertiary/aromatic N) is 1. The van der Waals surface area contributed by atoms with E-state index in [-0.39, 0.29) is 21.4 Å². The van der Waals surface area contributed by atoms with Gasteiger partial charge >= 0.3 is 5.97 Å². The predicted molar refractivity (Wildman–Crippen MR) is 141 cm³/mol. The molecule has 0 radical (unpaired) electrons. The number of halogens is 4. The molecule has 0 aliphatic heterocycles. The van der Waals surface area contributed by atoms with Crippen molar-refractivity contribution in [3.05, 3.63) is 85.8 Å². The first-order valence-corrected chi connectivity index (χ1v) is 12.1. The van der Waals surface area contributed by atoms with Gasteiger partial charge in [-0.3, -0.25) is 4.79 Å². The Morgan fingerprint density at radius 2 is 1.58 bits per heavy atom. The summed E-state index contributed by atoms with van der Waals surface area (Å²) in [6.45, 7) is 3.67. The van der Waals surface area contributed by atoms with Crippen LogP contribution in [0, 0.1) is 0 Å².